The van der Waals surface area contributed by atoms with E-state index in [1.807, 2.05) is 0 Å². The van der Waals surface area contributed by atoms with Crippen molar-refractivity contribution in [2.75, 3.05) is 34.0 Å². The van der Waals surface area contributed by atoms with Crippen LogP contribution in [0.2, 0.25) is 0 Å². The molecule has 6 atom stereocenters. The van der Waals surface area contributed by atoms with Crippen LogP contribution in [-0.4, -0.2) is 91.9 Å². The maximum absolute atomic E-state index is 12.1. The highest BCUT2D eigenvalue weighted by molar-refractivity contribution is 6.11. The number of rotatable bonds is 31. The molecule has 0 saturated carbocycles. The number of methoxy groups -OCH3 is 2. The fourth-order valence-corrected chi connectivity index (χ4v) is 7.04. The molecular weight excluding hydrogens is 610 g/mol. The predicted molar refractivity (Wildman–Crippen MR) is 208 cm³/mol. The number of carbonyl (C=O) groups is 1. The molecule has 0 aromatic rings. The average Bonchev–Trinajstić information content (AvgIpc) is 3.61. The van der Waals surface area contributed by atoms with Crippen molar-refractivity contribution in [1.29, 1.82) is 0 Å². The third-order valence-corrected chi connectivity index (χ3v) is 10.0. The van der Waals surface area contributed by atoms with Crippen molar-refractivity contribution in [1.82, 2.24) is 10.6 Å². The van der Waals surface area contributed by atoms with E-state index in [4.69, 9.17) is 34.6 Å². The van der Waals surface area contributed by atoms with Gasteiger partial charge in [0.15, 0.2) is 0 Å². The molecule has 2 aliphatic heterocycles. The molecule has 0 bridgehead atoms. The van der Waals surface area contributed by atoms with Crippen molar-refractivity contribution in [3.8, 4) is 0 Å². The van der Waals surface area contributed by atoms with Crippen molar-refractivity contribution in [2.24, 2.45) is 0 Å². The first-order chi connectivity index (χ1) is 23.9. The number of unbranched alkanes of at least 4 members (excludes halogenated alkanes) is 21. The summed E-state index contributed by atoms with van der Waals surface area (Å²) in [6.45, 7) is 6.71. The Labute approximate surface area is 306 Å². The van der Waals surface area contributed by atoms with Crippen LogP contribution in [0.25, 0.3) is 0 Å². The highest BCUT2D eigenvalue weighted by atomic mass is 16.5. The molecule has 2 unspecified atom stereocenters. The second-order valence-electron chi connectivity index (χ2n) is 14.7. The van der Waals surface area contributed by atoms with Crippen molar-refractivity contribution in [3.05, 3.63) is 0 Å². The summed E-state index contributed by atoms with van der Waals surface area (Å²) in [6.07, 6.45) is 33.1. The van der Waals surface area contributed by atoms with Gasteiger partial charge in [0.05, 0.1) is 25.4 Å². The Morgan fingerprint density at radius 3 is 1.37 bits per heavy atom. The first kappa shape index (κ1) is 46.4. The first-order valence-corrected chi connectivity index (χ1v) is 20.8. The first-order valence-electron chi connectivity index (χ1n) is 20.8. The molecule has 2 saturated heterocycles. The number of carbonyl (C=O) groups excluding carboxylic acids is 1. The lowest BCUT2D eigenvalue weighted by Gasteiger charge is -2.19. The highest BCUT2D eigenvalue weighted by Crippen LogP contribution is 2.20. The normalized spacial score (nSPS) is 23.4. The van der Waals surface area contributed by atoms with E-state index in [-0.39, 0.29) is 36.2 Å². The highest BCUT2D eigenvalue weighted by Gasteiger charge is 2.33. The van der Waals surface area contributed by atoms with Crippen LogP contribution >= 0.6 is 0 Å². The molecule has 0 aliphatic carbocycles. The van der Waals surface area contributed by atoms with Gasteiger partial charge in [0.2, 0.25) is 5.91 Å². The van der Waals surface area contributed by atoms with E-state index < -0.39 is 0 Å². The lowest BCUT2D eigenvalue weighted by Crippen LogP contribution is -2.42. The zero-order chi connectivity index (χ0) is 35.8. The molecule has 4 radical (unpaired) electrons. The Morgan fingerprint density at radius 2 is 0.939 bits per heavy atom. The van der Waals surface area contributed by atoms with E-state index in [2.05, 4.69) is 24.5 Å². The topological polar surface area (TPSA) is 78.1 Å². The van der Waals surface area contributed by atoms with E-state index in [9.17, 15) is 4.79 Å². The van der Waals surface area contributed by atoms with E-state index in [0.29, 0.717) is 32.1 Å². The second-order valence-corrected chi connectivity index (χ2v) is 14.7. The van der Waals surface area contributed by atoms with E-state index in [0.717, 1.165) is 25.8 Å². The Kier molecular flexibility index (Phi) is 31.5. The van der Waals surface area contributed by atoms with Gasteiger partial charge in [-0.25, -0.2) is 0 Å². The zero-order valence-corrected chi connectivity index (χ0v) is 32.7. The summed E-state index contributed by atoms with van der Waals surface area (Å²) in [6, 6.07) is -0.0974. The van der Waals surface area contributed by atoms with Crippen molar-refractivity contribution in [2.45, 2.75) is 217 Å². The number of ether oxygens (including phenoxy) is 4. The van der Waals surface area contributed by atoms with E-state index in [1.54, 1.807) is 14.2 Å². The molecule has 2 heterocycles. The van der Waals surface area contributed by atoms with E-state index in [1.165, 1.54) is 135 Å². The third-order valence-electron chi connectivity index (χ3n) is 10.0. The summed E-state index contributed by atoms with van der Waals surface area (Å²) < 4.78 is 21.6. The third kappa shape index (κ3) is 25.9. The fourth-order valence-electron chi connectivity index (χ4n) is 7.04. The molecule has 49 heavy (non-hydrogen) atoms. The van der Waals surface area contributed by atoms with Gasteiger partial charge < -0.3 is 29.6 Å². The number of amides is 1. The minimum atomic E-state index is -0.299. The monoisotopic (exact) mass is 689 g/mol. The largest absolute Gasteiger partial charge is 0.382 e. The molecule has 2 rings (SSSR count). The second kappa shape index (κ2) is 33.3. The molecule has 284 valence electrons. The molecule has 2 N–H and O–H groups in total. The Morgan fingerprint density at radius 1 is 0.571 bits per heavy atom. The average molecular weight is 689 g/mol. The Balaban J connectivity index is 0.000000490. The van der Waals surface area contributed by atoms with Crippen LogP contribution in [0.4, 0.5) is 0 Å². The molecular formula is C40H78B2N2O5. The molecule has 7 nitrogen and oxygen atoms in total. The molecule has 1 amide bonds. The number of hydrogen-bond acceptors (Lipinski definition) is 6. The summed E-state index contributed by atoms with van der Waals surface area (Å²) in [7, 11) is 15.0. The smallest absolute Gasteiger partial charge is 0.220 e. The summed E-state index contributed by atoms with van der Waals surface area (Å²) in [5.74, 6) is 0.111. The summed E-state index contributed by atoms with van der Waals surface area (Å²) >= 11 is 0. The molecule has 2 aliphatic rings. The van der Waals surface area contributed by atoms with Crippen LogP contribution in [0.1, 0.15) is 181 Å². The van der Waals surface area contributed by atoms with Gasteiger partial charge in [-0.15, -0.1) is 0 Å². The minimum Gasteiger partial charge on any atom is -0.382 e. The van der Waals surface area contributed by atoms with Crippen LogP contribution < -0.4 is 10.6 Å². The molecule has 0 aromatic carbocycles. The van der Waals surface area contributed by atoms with Crippen molar-refractivity contribution >= 4 is 21.6 Å². The van der Waals surface area contributed by atoms with Gasteiger partial charge in [-0.2, -0.15) is 0 Å². The van der Waals surface area contributed by atoms with Gasteiger partial charge >= 0.3 is 0 Å². The molecule has 2 fully saturated rings. The van der Waals surface area contributed by atoms with Gasteiger partial charge in [-0.1, -0.05) is 149 Å². The quantitative estimate of drug-likeness (QED) is 0.0561. The number of nitrogens with one attached hydrogen (secondary N) is 2. The lowest BCUT2D eigenvalue weighted by molar-refractivity contribution is -0.122. The minimum absolute atomic E-state index is 0.0184. The van der Waals surface area contributed by atoms with Crippen molar-refractivity contribution < 1.29 is 23.7 Å². The van der Waals surface area contributed by atoms with Crippen LogP contribution in [-0.2, 0) is 23.7 Å². The standard InChI is InChI=1S/C20H38BNO3.C20H40BNO2/c1-3-4-5-6-7-8-9-10-11-12-13-14-20(23)22-17-15-19(21)25-18(17)16-24-2;1-3-4-5-6-7-8-9-10-11-12-13-14-15-22-18-16-20(21)24-19(18)17-23-2/h17-19H,3-16H2,1-2H3,(H,22,23);18-20,22H,3-17H2,1-2H3/t17?,18-,19-;18?,19-,20-/m11/s1. The van der Waals surface area contributed by atoms with Crippen LogP contribution in [0.5, 0.6) is 0 Å². The van der Waals surface area contributed by atoms with Gasteiger partial charge in [-0.05, 0) is 32.2 Å². The SMILES string of the molecule is [B][C@H]1CC(NC(=O)CCCCCCCCCCCCC)[C@@H](COC)O1.[B][C@H]1CC(NCCCCCCCCCCCCCC)[C@@H](COC)O1. The summed E-state index contributed by atoms with van der Waals surface area (Å²) in [5.41, 5.74) is 0. The Hall–Kier alpha value is -0.600. The van der Waals surface area contributed by atoms with Crippen LogP contribution in [0.15, 0.2) is 0 Å². The fraction of sp³-hybridized carbons (Fsp3) is 0.975. The summed E-state index contributed by atoms with van der Waals surface area (Å²) in [5, 5.41) is 6.65. The van der Waals surface area contributed by atoms with Gasteiger partial charge in [0.1, 0.15) is 21.8 Å². The molecule has 0 aromatic heterocycles. The zero-order valence-electron chi connectivity index (χ0n) is 32.7. The van der Waals surface area contributed by atoms with Gasteiger partial charge in [0, 0.05) is 38.7 Å². The molecule has 9 heteroatoms. The summed E-state index contributed by atoms with van der Waals surface area (Å²) in [4.78, 5) is 12.1. The van der Waals surface area contributed by atoms with Crippen LogP contribution in [0.3, 0.4) is 0 Å². The maximum Gasteiger partial charge on any atom is 0.220 e. The van der Waals surface area contributed by atoms with Gasteiger partial charge in [0.25, 0.3) is 0 Å². The predicted octanol–water partition coefficient (Wildman–Crippen LogP) is 8.68. The van der Waals surface area contributed by atoms with Crippen LogP contribution in [0, 0.1) is 0 Å². The molecule has 0 spiro atoms. The van der Waals surface area contributed by atoms with Crippen molar-refractivity contribution in [3.63, 3.8) is 0 Å². The maximum atomic E-state index is 12.1. The van der Waals surface area contributed by atoms with E-state index >= 15 is 0 Å². The lowest BCUT2D eigenvalue weighted by atomic mass is 9.95. The number of hydrogen-bond donors (Lipinski definition) is 2. The van der Waals surface area contributed by atoms with Gasteiger partial charge in [-0.3, -0.25) is 4.79 Å². The Bertz CT molecular complexity index is 737.